The highest BCUT2D eigenvalue weighted by Gasteiger charge is 2.40. The number of aromatic nitrogens is 2. The van der Waals surface area contributed by atoms with E-state index in [1.807, 2.05) is 25.1 Å². The first-order valence-electron chi connectivity index (χ1n) is 12.8. The number of anilines is 1. The molecule has 1 fully saturated rings. The smallest absolute Gasteiger partial charge is 0.257 e. The molecule has 2 aromatic carbocycles. The number of aromatic amines is 1. The molecule has 0 saturated carbocycles. The Morgan fingerprint density at radius 3 is 2.45 bits per heavy atom. The average Bonchev–Trinajstić information content (AvgIpc) is 3.26. The van der Waals surface area contributed by atoms with Crippen LogP contribution in [0.3, 0.4) is 0 Å². The summed E-state index contributed by atoms with van der Waals surface area (Å²) in [5.41, 5.74) is 1.72. The minimum atomic E-state index is -3.68. The Balaban J connectivity index is 1.30. The SMILES string of the molecule is CN1CCN(S(=O)(=O)c2cccc(-c3nc4c(c(=O)[nH]3)C3C(C=C4)N=C(Nc4c(Cl)cccc4Cl)N3C)c2)CC1. The summed E-state index contributed by atoms with van der Waals surface area (Å²) in [6, 6.07) is 11.1. The molecule has 10 nitrogen and oxygen atoms in total. The molecule has 3 heterocycles. The second-order valence-electron chi connectivity index (χ2n) is 10.0. The van der Waals surface area contributed by atoms with Crippen LogP contribution in [0.25, 0.3) is 17.5 Å². The number of fused-ring (bicyclic) bond motifs is 3. The second-order valence-corrected chi connectivity index (χ2v) is 12.8. The van der Waals surface area contributed by atoms with Crippen LogP contribution in [-0.2, 0) is 10.0 Å². The summed E-state index contributed by atoms with van der Waals surface area (Å²) >= 11 is 12.7. The summed E-state index contributed by atoms with van der Waals surface area (Å²) in [7, 11) is 0.135. The lowest BCUT2D eigenvalue weighted by Crippen LogP contribution is -2.47. The van der Waals surface area contributed by atoms with E-state index in [4.69, 9.17) is 33.2 Å². The number of benzene rings is 2. The van der Waals surface area contributed by atoms with Gasteiger partial charge in [-0.05, 0) is 37.4 Å². The molecule has 0 amide bonds. The molecule has 1 aliphatic carbocycles. The van der Waals surface area contributed by atoms with Crippen molar-refractivity contribution in [3.63, 3.8) is 0 Å². The first kappa shape index (κ1) is 27.0. The van der Waals surface area contributed by atoms with Crippen molar-refractivity contribution in [2.75, 3.05) is 45.6 Å². The fraction of sp³-hybridized carbons (Fsp3) is 0.296. The summed E-state index contributed by atoms with van der Waals surface area (Å²) < 4.78 is 28.1. The maximum Gasteiger partial charge on any atom is 0.257 e. The summed E-state index contributed by atoms with van der Waals surface area (Å²) in [6.07, 6.45) is 3.68. The van der Waals surface area contributed by atoms with Gasteiger partial charge >= 0.3 is 0 Å². The van der Waals surface area contributed by atoms with Gasteiger partial charge in [-0.3, -0.25) is 4.79 Å². The molecule has 1 saturated heterocycles. The van der Waals surface area contributed by atoms with Crippen LogP contribution in [0.15, 0.2) is 63.2 Å². The predicted octanol–water partition coefficient (Wildman–Crippen LogP) is 3.53. The lowest BCUT2D eigenvalue weighted by atomic mass is 9.93. The summed E-state index contributed by atoms with van der Waals surface area (Å²) in [6.45, 7) is 2.21. The van der Waals surface area contributed by atoms with Crippen LogP contribution in [0.5, 0.6) is 0 Å². The number of para-hydroxylation sites is 1. The van der Waals surface area contributed by atoms with Gasteiger partial charge in [-0.25, -0.2) is 18.4 Å². The number of rotatable bonds is 4. The van der Waals surface area contributed by atoms with Crippen LogP contribution in [0.4, 0.5) is 5.69 Å². The van der Waals surface area contributed by atoms with Gasteiger partial charge in [-0.2, -0.15) is 4.31 Å². The molecule has 40 heavy (non-hydrogen) atoms. The van der Waals surface area contributed by atoms with E-state index in [-0.39, 0.29) is 16.5 Å². The molecule has 0 spiro atoms. The molecule has 6 rings (SSSR count). The number of halogens is 2. The summed E-state index contributed by atoms with van der Waals surface area (Å²) in [5.74, 6) is 0.817. The Hall–Kier alpha value is -3.22. The van der Waals surface area contributed by atoms with E-state index in [0.717, 1.165) is 0 Å². The predicted molar refractivity (Wildman–Crippen MR) is 157 cm³/mol. The third-order valence-electron chi connectivity index (χ3n) is 7.49. The average molecular weight is 601 g/mol. The molecule has 2 unspecified atom stereocenters. The molecule has 3 aliphatic rings. The van der Waals surface area contributed by atoms with E-state index >= 15 is 0 Å². The minimum Gasteiger partial charge on any atom is -0.336 e. The molecule has 1 aromatic heterocycles. The highest BCUT2D eigenvalue weighted by molar-refractivity contribution is 7.89. The van der Waals surface area contributed by atoms with Gasteiger partial charge < -0.3 is 20.1 Å². The van der Waals surface area contributed by atoms with E-state index in [9.17, 15) is 13.2 Å². The molecule has 2 aliphatic heterocycles. The van der Waals surface area contributed by atoms with Crippen LogP contribution in [-0.4, -0.2) is 84.8 Å². The van der Waals surface area contributed by atoms with Crippen molar-refractivity contribution in [2.45, 2.75) is 17.0 Å². The zero-order valence-electron chi connectivity index (χ0n) is 21.8. The zero-order chi connectivity index (χ0) is 28.2. The lowest BCUT2D eigenvalue weighted by molar-refractivity contribution is 0.222. The van der Waals surface area contributed by atoms with Crippen LogP contribution < -0.4 is 10.9 Å². The van der Waals surface area contributed by atoms with Crippen molar-refractivity contribution in [3.05, 3.63) is 80.2 Å². The first-order valence-corrected chi connectivity index (χ1v) is 15.0. The fourth-order valence-electron chi connectivity index (χ4n) is 5.25. The molecule has 208 valence electrons. The van der Waals surface area contributed by atoms with Gasteiger partial charge in [0.05, 0.1) is 44.0 Å². The van der Waals surface area contributed by atoms with E-state index in [0.29, 0.717) is 70.5 Å². The monoisotopic (exact) mass is 599 g/mol. The molecule has 0 bridgehead atoms. The molecule has 0 radical (unpaired) electrons. The molecule has 2 atom stereocenters. The van der Waals surface area contributed by atoms with Crippen molar-refractivity contribution < 1.29 is 8.42 Å². The van der Waals surface area contributed by atoms with E-state index < -0.39 is 16.1 Å². The zero-order valence-corrected chi connectivity index (χ0v) is 24.1. The normalized spacial score (nSPS) is 21.2. The highest BCUT2D eigenvalue weighted by Crippen LogP contribution is 2.38. The van der Waals surface area contributed by atoms with Gasteiger partial charge in [-0.15, -0.1) is 0 Å². The van der Waals surface area contributed by atoms with Crippen molar-refractivity contribution in [3.8, 4) is 11.4 Å². The van der Waals surface area contributed by atoms with E-state index in [1.54, 1.807) is 48.5 Å². The molecule has 2 N–H and O–H groups in total. The Kier molecular flexibility index (Phi) is 6.96. The Bertz CT molecular complexity index is 1690. The number of hydrogen-bond donors (Lipinski definition) is 2. The Morgan fingerprint density at radius 2 is 1.73 bits per heavy atom. The number of H-pyrrole nitrogens is 1. The number of nitrogens with zero attached hydrogens (tertiary/aromatic N) is 5. The van der Waals surface area contributed by atoms with Crippen molar-refractivity contribution in [2.24, 2.45) is 4.99 Å². The molecular weight excluding hydrogens is 573 g/mol. The largest absolute Gasteiger partial charge is 0.336 e. The third-order valence-corrected chi connectivity index (χ3v) is 10.0. The second kappa shape index (κ2) is 10.3. The van der Waals surface area contributed by atoms with Gasteiger partial charge in [-0.1, -0.05) is 47.5 Å². The van der Waals surface area contributed by atoms with Gasteiger partial charge in [0.15, 0.2) is 5.96 Å². The maximum absolute atomic E-state index is 13.5. The van der Waals surface area contributed by atoms with Gasteiger partial charge in [0.2, 0.25) is 10.0 Å². The Labute approximate surface area is 242 Å². The number of sulfonamides is 1. The van der Waals surface area contributed by atoms with Crippen molar-refractivity contribution in [1.29, 1.82) is 0 Å². The van der Waals surface area contributed by atoms with Crippen molar-refractivity contribution in [1.82, 2.24) is 24.1 Å². The topological polar surface area (TPSA) is 114 Å². The summed E-state index contributed by atoms with van der Waals surface area (Å²) in [5, 5.41) is 4.11. The number of hydrogen-bond acceptors (Lipinski definition) is 8. The quantitative estimate of drug-likeness (QED) is 0.471. The van der Waals surface area contributed by atoms with Gasteiger partial charge in [0, 0.05) is 38.8 Å². The lowest BCUT2D eigenvalue weighted by Gasteiger charge is -2.31. The van der Waals surface area contributed by atoms with Crippen LogP contribution in [0.1, 0.15) is 17.3 Å². The first-order chi connectivity index (χ1) is 19.1. The maximum atomic E-state index is 13.5. The van der Waals surface area contributed by atoms with Crippen LogP contribution in [0.2, 0.25) is 10.0 Å². The molecular formula is C27H27Cl2N7O3S. The van der Waals surface area contributed by atoms with E-state index in [2.05, 4.69) is 15.2 Å². The highest BCUT2D eigenvalue weighted by atomic mass is 35.5. The minimum absolute atomic E-state index is 0.170. The number of piperazine rings is 1. The molecule has 13 heteroatoms. The van der Waals surface area contributed by atoms with Crippen LogP contribution >= 0.6 is 23.2 Å². The Morgan fingerprint density at radius 1 is 1.02 bits per heavy atom. The fourth-order valence-corrected chi connectivity index (χ4v) is 7.21. The molecule has 3 aromatic rings. The number of likely N-dealkylation sites (N-methyl/N-ethyl adjacent to an activating group) is 2. The standard InChI is InChI=1S/C27H27Cl2N7O3S/c1-34-11-13-36(14-12-34)40(38,39)17-6-3-5-16(15-17)25-30-20-9-10-21-24(22(20)26(37)33-25)35(2)27(31-21)32-23-18(28)7-4-8-19(23)29/h3-10,15,21,24H,11-14H2,1-2H3,(H,31,32)(H,30,33,37). The summed E-state index contributed by atoms with van der Waals surface area (Å²) in [4.78, 5) is 30.0. The van der Waals surface area contributed by atoms with Crippen molar-refractivity contribution >= 4 is 50.9 Å². The number of nitrogens with one attached hydrogen (secondary N) is 2. The third kappa shape index (κ3) is 4.71. The van der Waals surface area contributed by atoms with Crippen LogP contribution in [0, 0.1) is 0 Å². The van der Waals surface area contributed by atoms with E-state index in [1.165, 1.54) is 4.31 Å². The number of guanidine groups is 1. The van der Waals surface area contributed by atoms with Gasteiger partial charge in [0.1, 0.15) is 5.82 Å². The van der Waals surface area contributed by atoms with Gasteiger partial charge in [0.25, 0.3) is 5.56 Å². The number of aliphatic imine (C=N–C) groups is 1.